The summed E-state index contributed by atoms with van der Waals surface area (Å²) >= 11 is 5.55. The van der Waals surface area contributed by atoms with Crippen molar-refractivity contribution < 1.29 is 0 Å². The Bertz CT molecular complexity index is 172. The van der Waals surface area contributed by atoms with E-state index in [0.29, 0.717) is 18.0 Å². The minimum absolute atomic E-state index is 0.604. The Morgan fingerprint density at radius 1 is 1.29 bits per heavy atom. The summed E-state index contributed by atoms with van der Waals surface area (Å²) in [5.41, 5.74) is 3.44. The van der Waals surface area contributed by atoms with Crippen LogP contribution in [-0.2, 0) is 0 Å². The zero-order valence-corrected chi connectivity index (χ0v) is 9.93. The molecule has 0 aliphatic carbocycles. The molecule has 1 N–H and O–H groups in total. The number of alkyl halides is 1. The SMILES string of the molecule is CC1CCCC(C)N1NC/C=C/CCl. The van der Waals surface area contributed by atoms with Gasteiger partial charge in [0, 0.05) is 24.5 Å². The van der Waals surface area contributed by atoms with Crippen molar-refractivity contribution in [3.05, 3.63) is 12.2 Å². The van der Waals surface area contributed by atoms with Crippen LogP contribution in [0.25, 0.3) is 0 Å². The van der Waals surface area contributed by atoms with Gasteiger partial charge < -0.3 is 0 Å². The van der Waals surface area contributed by atoms with Crippen LogP contribution in [-0.4, -0.2) is 29.5 Å². The van der Waals surface area contributed by atoms with Crippen molar-refractivity contribution >= 4 is 11.6 Å². The predicted octanol–water partition coefficient (Wildman–Crippen LogP) is 2.55. The highest BCUT2D eigenvalue weighted by atomic mass is 35.5. The fraction of sp³-hybridized carbons (Fsp3) is 0.818. The Morgan fingerprint density at radius 2 is 1.93 bits per heavy atom. The molecule has 1 aliphatic heterocycles. The van der Waals surface area contributed by atoms with E-state index in [1.807, 2.05) is 6.08 Å². The van der Waals surface area contributed by atoms with E-state index in [4.69, 9.17) is 11.6 Å². The molecule has 0 radical (unpaired) electrons. The lowest BCUT2D eigenvalue weighted by atomic mass is 10.00. The quantitative estimate of drug-likeness (QED) is 0.574. The topological polar surface area (TPSA) is 15.3 Å². The van der Waals surface area contributed by atoms with Gasteiger partial charge in [0.05, 0.1) is 0 Å². The molecule has 0 bridgehead atoms. The molecule has 0 spiro atoms. The maximum Gasteiger partial charge on any atom is 0.0404 e. The smallest absolute Gasteiger partial charge is 0.0404 e. The van der Waals surface area contributed by atoms with E-state index in [2.05, 4.69) is 30.4 Å². The highest BCUT2D eigenvalue weighted by Crippen LogP contribution is 2.19. The summed E-state index contributed by atoms with van der Waals surface area (Å²) in [4.78, 5) is 0. The number of allylic oxidation sites excluding steroid dienone is 1. The van der Waals surface area contributed by atoms with Crippen molar-refractivity contribution in [2.75, 3.05) is 12.4 Å². The van der Waals surface area contributed by atoms with Crippen LogP contribution in [0.1, 0.15) is 33.1 Å². The summed E-state index contributed by atoms with van der Waals surface area (Å²) in [5.74, 6) is 0.604. The first-order chi connectivity index (χ1) is 6.75. The zero-order valence-electron chi connectivity index (χ0n) is 9.17. The van der Waals surface area contributed by atoms with E-state index in [0.717, 1.165) is 6.54 Å². The maximum absolute atomic E-state index is 5.55. The fourth-order valence-electron chi connectivity index (χ4n) is 2.04. The molecule has 1 saturated heterocycles. The molecule has 0 aromatic carbocycles. The first kappa shape index (κ1) is 12.0. The van der Waals surface area contributed by atoms with Crippen LogP contribution >= 0.6 is 11.6 Å². The normalized spacial score (nSPS) is 29.9. The van der Waals surface area contributed by atoms with Gasteiger partial charge in [-0.1, -0.05) is 18.6 Å². The molecule has 3 heteroatoms. The Kier molecular flexibility index (Phi) is 5.53. The average molecular weight is 217 g/mol. The Morgan fingerprint density at radius 3 is 2.50 bits per heavy atom. The highest BCUT2D eigenvalue weighted by Gasteiger charge is 2.23. The number of hydrogen-bond acceptors (Lipinski definition) is 2. The standard InChI is InChI=1S/C11H21ClN2/c1-10-6-5-7-11(2)14(10)13-9-4-3-8-12/h3-4,10-11,13H,5-9H2,1-2H3/b4-3+. The van der Waals surface area contributed by atoms with Gasteiger partial charge in [0.15, 0.2) is 0 Å². The van der Waals surface area contributed by atoms with Crippen LogP contribution < -0.4 is 5.43 Å². The summed E-state index contributed by atoms with van der Waals surface area (Å²) in [6.07, 6.45) is 8.03. The maximum atomic E-state index is 5.55. The van der Waals surface area contributed by atoms with Crippen molar-refractivity contribution in [2.45, 2.75) is 45.2 Å². The monoisotopic (exact) mass is 216 g/mol. The van der Waals surface area contributed by atoms with Crippen LogP contribution in [0.3, 0.4) is 0 Å². The second kappa shape index (κ2) is 6.44. The van der Waals surface area contributed by atoms with Crippen LogP contribution in [0.15, 0.2) is 12.2 Å². The molecule has 0 aromatic rings. The van der Waals surface area contributed by atoms with Crippen LogP contribution in [0, 0.1) is 0 Å². The van der Waals surface area contributed by atoms with E-state index >= 15 is 0 Å². The van der Waals surface area contributed by atoms with Gasteiger partial charge in [-0.3, -0.25) is 5.43 Å². The minimum atomic E-state index is 0.604. The third-order valence-corrected chi connectivity index (χ3v) is 3.02. The second-order valence-electron chi connectivity index (χ2n) is 4.02. The molecule has 0 aromatic heterocycles. The molecule has 0 saturated carbocycles. The Hall–Kier alpha value is -0.0500. The molecule has 2 nitrogen and oxygen atoms in total. The van der Waals surface area contributed by atoms with Gasteiger partial charge >= 0.3 is 0 Å². The Balaban J connectivity index is 2.29. The number of hydrogen-bond donors (Lipinski definition) is 1. The lowest BCUT2D eigenvalue weighted by molar-refractivity contribution is 0.0513. The molecule has 2 atom stereocenters. The van der Waals surface area contributed by atoms with Gasteiger partial charge in [-0.15, -0.1) is 11.6 Å². The molecule has 1 rings (SSSR count). The number of piperidine rings is 1. The van der Waals surface area contributed by atoms with Crippen molar-refractivity contribution in [3.8, 4) is 0 Å². The number of rotatable bonds is 4. The molecular weight excluding hydrogens is 196 g/mol. The first-order valence-corrected chi connectivity index (χ1v) is 6.02. The fourth-order valence-corrected chi connectivity index (χ4v) is 2.16. The summed E-state index contributed by atoms with van der Waals surface area (Å²) in [6.45, 7) is 5.46. The predicted molar refractivity (Wildman–Crippen MR) is 62.5 cm³/mol. The molecule has 1 heterocycles. The summed E-state index contributed by atoms with van der Waals surface area (Å²) < 4.78 is 0. The number of hydrazine groups is 1. The van der Waals surface area contributed by atoms with Crippen molar-refractivity contribution in [1.29, 1.82) is 0 Å². The van der Waals surface area contributed by atoms with Crippen LogP contribution in [0.5, 0.6) is 0 Å². The molecule has 2 unspecified atom stereocenters. The van der Waals surface area contributed by atoms with Gasteiger partial charge in [-0.05, 0) is 26.7 Å². The molecule has 1 aliphatic rings. The molecular formula is C11H21ClN2. The summed E-state index contributed by atoms with van der Waals surface area (Å²) in [7, 11) is 0. The lowest BCUT2D eigenvalue weighted by Gasteiger charge is -2.38. The number of nitrogens with one attached hydrogen (secondary N) is 1. The summed E-state index contributed by atoms with van der Waals surface area (Å²) in [5, 5.41) is 2.38. The third kappa shape index (κ3) is 3.60. The van der Waals surface area contributed by atoms with Gasteiger partial charge in [0.2, 0.25) is 0 Å². The van der Waals surface area contributed by atoms with Crippen molar-refractivity contribution in [2.24, 2.45) is 0 Å². The highest BCUT2D eigenvalue weighted by molar-refractivity contribution is 6.18. The van der Waals surface area contributed by atoms with Crippen molar-refractivity contribution in [1.82, 2.24) is 10.4 Å². The van der Waals surface area contributed by atoms with Crippen molar-refractivity contribution in [3.63, 3.8) is 0 Å². The number of nitrogens with zero attached hydrogens (tertiary/aromatic N) is 1. The van der Waals surface area contributed by atoms with E-state index in [9.17, 15) is 0 Å². The van der Waals surface area contributed by atoms with Crippen LogP contribution in [0.2, 0.25) is 0 Å². The first-order valence-electron chi connectivity index (χ1n) is 5.48. The minimum Gasteiger partial charge on any atom is -0.251 e. The van der Waals surface area contributed by atoms with E-state index < -0.39 is 0 Å². The van der Waals surface area contributed by atoms with Gasteiger partial charge in [0.1, 0.15) is 0 Å². The molecule has 1 fully saturated rings. The van der Waals surface area contributed by atoms with E-state index in [1.165, 1.54) is 19.3 Å². The van der Waals surface area contributed by atoms with Crippen LogP contribution in [0.4, 0.5) is 0 Å². The number of halogens is 1. The zero-order chi connectivity index (χ0) is 10.4. The van der Waals surface area contributed by atoms with E-state index in [-0.39, 0.29) is 0 Å². The lowest BCUT2D eigenvalue weighted by Crippen LogP contribution is -2.52. The average Bonchev–Trinajstić information content (AvgIpc) is 2.16. The van der Waals surface area contributed by atoms with Gasteiger partial charge in [-0.2, -0.15) is 0 Å². The largest absolute Gasteiger partial charge is 0.251 e. The van der Waals surface area contributed by atoms with Gasteiger partial charge in [0.25, 0.3) is 0 Å². The second-order valence-corrected chi connectivity index (χ2v) is 4.33. The summed E-state index contributed by atoms with van der Waals surface area (Å²) in [6, 6.07) is 1.31. The third-order valence-electron chi connectivity index (χ3n) is 2.84. The molecule has 0 amide bonds. The van der Waals surface area contributed by atoms with E-state index in [1.54, 1.807) is 0 Å². The van der Waals surface area contributed by atoms with Gasteiger partial charge in [-0.25, -0.2) is 5.01 Å². The molecule has 14 heavy (non-hydrogen) atoms. The molecule has 82 valence electrons. The Labute approximate surface area is 92.3 Å².